The van der Waals surface area contributed by atoms with Crippen molar-refractivity contribution in [1.29, 1.82) is 0 Å². The second kappa shape index (κ2) is 7.97. The molecule has 0 radical (unpaired) electrons. The smallest absolute Gasteiger partial charge is 0.267 e. The van der Waals surface area contributed by atoms with Crippen LogP contribution in [0.3, 0.4) is 0 Å². The number of anilines is 1. The van der Waals surface area contributed by atoms with Crippen LogP contribution in [0, 0.1) is 0 Å². The minimum atomic E-state index is -0.345. The fourth-order valence-corrected chi connectivity index (χ4v) is 2.63. The number of carbonyl (C=O) groups is 1. The molecule has 1 aromatic heterocycles. The van der Waals surface area contributed by atoms with Crippen LogP contribution in [0.15, 0.2) is 69.9 Å². The van der Waals surface area contributed by atoms with Gasteiger partial charge in [0.05, 0.1) is 12.8 Å². The van der Waals surface area contributed by atoms with Crippen LogP contribution < -0.4 is 15.6 Å². The molecule has 0 spiro atoms. The van der Waals surface area contributed by atoms with E-state index in [1.807, 2.05) is 36.4 Å². The van der Waals surface area contributed by atoms with E-state index in [1.165, 1.54) is 6.07 Å². The number of halogens is 1. The summed E-state index contributed by atoms with van der Waals surface area (Å²) in [4.78, 5) is 24.3. The Balaban J connectivity index is 1.80. The van der Waals surface area contributed by atoms with Crippen molar-refractivity contribution in [2.45, 2.75) is 6.54 Å². The number of nitrogens with one attached hydrogen (secondary N) is 1. The van der Waals surface area contributed by atoms with Gasteiger partial charge in [-0.05, 0) is 42.5 Å². The normalized spacial score (nSPS) is 10.4. The minimum Gasteiger partial charge on any atom is -0.497 e. The van der Waals surface area contributed by atoms with Crippen molar-refractivity contribution < 1.29 is 9.53 Å². The van der Waals surface area contributed by atoms with Gasteiger partial charge in [-0.3, -0.25) is 9.59 Å². The number of hydrogen-bond acceptors (Lipinski definition) is 4. The van der Waals surface area contributed by atoms with Gasteiger partial charge in [0.15, 0.2) is 0 Å². The molecular weight excluding hydrogens is 398 g/mol. The largest absolute Gasteiger partial charge is 0.497 e. The Bertz CT molecular complexity index is 984. The van der Waals surface area contributed by atoms with E-state index in [1.54, 1.807) is 25.3 Å². The van der Waals surface area contributed by atoms with Gasteiger partial charge in [-0.1, -0.05) is 28.1 Å². The molecule has 0 aliphatic carbocycles. The van der Waals surface area contributed by atoms with Gasteiger partial charge in [-0.15, -0.1) is 0 Å². The van der Waals surface area contributed by atoms with Gasteiger partial charge < -0.3 is 10.1 Å². The average molecular weight is 414 g/mol. The van der Waals surface area contributed by atoms with Gasteiger partial charge in [0.25, 0.3) is 5.56 Å². The lowest BCUT2D eigenvalue weighted by Crippen LogP contribution is -2.29. The van der Waals surface area contributed by atoms with Gasteiger partial charge >= 0.3 is 0 Å². The summed E-state index contributed by atoms with van der Waals surface area (Å²) in [6, 6.07) is 17.6. The van der Waals surface area contributed by atoms with Crippen LogP contribution in [0.1, 0.15) is 0 Å². The molecule has 0 aliphatic heterocycles. The summed E-state index contributed by atoms with van der Waals surface area (Å²) in [5.41, 5.74) is 1.68. The molecule has 1 amide bonds. The monoisotopic (exact) mass is 413 g/mol. The second-order valence-corrected chi connectivity index (χ2v) is 6.42. The molecule has 7 heteroatoms. The molecule has 0 saturated heterocycles. The Morgan fingerprint density at radius 2 is 1.92 bits per heavy atom. The summed E-state index contributed by atoms with van der Waals surface area (Å²) in [6.07, 6.45) is 0. The molecule has 0 unspecified atom stereocenters. The predicted octanol–water partition coefficient (Wildman–Crippen LogP) is 3.32. The van der Waals surface area contributed by atoms with Crippen molar-refractivity contribution in [2.24, 2.45) is 0 Å². The summed E-state index contributed by atoms with van der Waals surface area (Å²) < 4.78 is 7.26. The van der Waals surface area contributed by atoms with Crippen molar-refractivity contribution in [1.82, 2.24) is 9.78 Å². The molecule has 1 N–H and O–H groups in total. The molecule has 0 atom stereocenters. The number of hydrogen-bond donors (Lipinski definition) is 1. The molecule has 3 rings (SSSR count). The third-order valence-corrected chi connectivity index (χ3v) is 4.18. The highest BCUT2D eigenvalue weighted by Crippen LogP contribution is 2.21. The summed E-state index contributed by atoms with van der Waals surface area (Å²) in [6.45, 7) is -0.174. The lowest BCUT2D eigenvalue weighted by atomic mass is 10.1. The Morgan fingerprint density at radius 3 is 2.65 bits per heavy atom. The van der Waals surface area contributed by atoms with Gasteiger partial charge in [0, 0.05) is 21.8 Å². The first-order valence-corrected chi connectivity index (χ1v) is 8.62. The van der Waals surface area contributed by atoms with Crippen molar-refractivity contribution in [2.75, 3.05) is 12.4 Å². The lowest BCUT2D eigenvalue weighted by molar-refractivity contribution is -0.117. The zero-order valence-corrected chi connectivity index (χ0v) is 15.6. The van der Waals surface area contributed by atoms with Crippen molar-refractivity contribution >= 4 is 27.5 Å². The molecule has 0 saturated carbocycles. The van der Waals surface area contributed by atoms with E-state index >= 15 is 0 Å². The Kier molecular flexibility index (Phi) is 5.48. The molecule has 0 aliphatic rings. The first kappa shape index (κ1) is 17.9. The van der Waals surface area contributed by atoms with Crippen molar-refractivity contribution in [3.8, 4) is 17.0 Å². The number of methoxy groups -OCH3 is 1. The van der Waals surface area contributed by atoms with Gasteiger partial charge in [-0.25, -0.2) is 4.68 Å². The quantitative estimate of drug-likeness (QED) is 0.695. The third-order valence-electron chi connectivity index (χ3n) is 3.65. The second-order valence-electron chi connectivity index (χ2n) is 5.50. The van der Waals surface area contributed by atoms with E-state index in [0.29, 0.717) is 17.1 Å². The van der Waals surface area contributed by atoms with Crippen LogP contribution in [0.5, 0.6) is 5.75 Å². The SMILES string of the molecule is COc1cccc(-c2ccc(=O)n(CC(=O)Nc3ccc(Br)cc3)n2)c1. The van der Waals surface area contributed by atoms with Crippen molar-refractivity contribution in [3.05, 3.63) is 75.5 Å². The van der Waals surface area contributed by atoms with Gasteiger partial charge in [-0.2, -0.15) is 5.10 Å². The number of ether oxygens (including phenoxy) is 1. The van der Waals surface area contributed by atoms with Crippen LogP contribution in [-0.2, 0) is 11.3 Å². The fraction of sp³-hybridized carbons (Fsp3) is 0.105. The van der Waals surface area contributed by atoms with Crippen LogP contribution in [-0.4, -0.2) is 22.8 Å². The predicted molar refractivity (Wildman–Crippen MR) is 103 cm³/mol. The van der Waals surface area contributed by atoms with E-state index in [2.05, 4.69) is 26.3 Å². The highest BCUT2D eigenvalue weighted by molar-refractivity contribution is 9.10. The average Bonchev–Trinajstić information content (AvgIpc) is 2.65. The van der Waals surface area contributed by atoms with E-state index in [-0.39, 0.29) is 18.0 Å². The molecule has 26 heavy (non-hydrogen) atoms. The zero-order valence-electron chi connectivity index (χ0n) is 14.0. The third kappa shape index (κ3) is 4.37. The summed E-state index contributed by atoms with van der Waals surface area (Å²) >= 11 is 3.34. The van der Waals surface area contributed by atoms with Gasteiger partial charge in [0.2, 0.25) is 5.91 Å². The number of benzene rings is 2. The molecular formula is C19H16BrN3O3. The molecule has 0 bridgehead atoms. The number of aromatic nitrogens is 2. The maximum absolute atomic E-state index is 12.2. The van der Waals surface area contributed by atoms with Crippen LogP contribution >= 0.6 is 15.9 Å². The molecule has 1 heterocycles. The topological polar surface area (TPSA) is 73.2 Å². The van der Waals surface area contributed by atoms with E-state index in [0.717, 1.165) is 14.7 Å². The van der Waals surface area contributed by atoms with E-state index < -0.39 is 0 Å². The maximum Gasteiger partial charge on any atom is 0.267 e. The Morgan fingerprint density at radius 1 is 1.15 bits per heavy atom. The van der Waals surface area contributed by atoms with Gasteiger partial charge in [0.1, 0.15) is 12.3 Å². The van der Waals surface area contributed by atoms with E-state index in [9.17, 15) is 9.59 Å². The highest BCUT2D eigenvalue weighted by atomic mass is 79.9. The lowest BCUT2D eigenvalue weighted by Gasteiger charge is -2.09. The first-order valence-electron chi connectivity index (χ1n) is 7.83. The minimum absolute atomic E-state index is 0.174. The Labute approximate surface area is 158 Å². The molecule has 6 nitrogen and oxygen atoms in total. The van der Waals surface area contributed by atoms with Crippen molar-refractivity contribution in [3.63, 3.8) is 0 Å². The number of amides is 1. The first-order chi connectivity index (χ1) is 12.5. The number of rotatable bonds is 5. The zero-order chi connectivity index (χ0) is 18.5. The Hall–Kier alpha value is -2.93. The van der Waals surface area contributed by atoms with Crippen LogP contribution in [0.4, 0.5) is 5.69 Å². The van der Waals surface area contributed by atoms with Crippen LogP contribution in [0.25, 0.3) is 11.3 Å². The highest BCUT2D eigenvalue weighted by Gasteiger charge is 2.09. The molecule has 0 fully saturated rings. The number of nitrogens with zero attached hydrogens (tertiary/aromatic N) is 2. The molecule has 132 valence electrons. The standard InChI is InChI=1S/C19H16BrN3O3/c1-26-16-4-2-3-13(11-16)17-9-10-19(25)23(22-17)12-18(24)21-15-7-5-14(20)6-8-15/h2-11H,12H2,1H3,(H,21,24). The molecule has 2 aromatic carbocycles. The maximum atomic E-state index is 12.2. The van der Waals surface area contributed by atoms with Crippen LogP contribution in [0.2, 0.25) is 0 Å². The summed E-state index contributed by atoms with van der Waals surface area (Å²) in [5, 5.41) is 7.04. The fourth-order valence-electron chi connectivity index (χ4n) is 2.37. The molecule has 3 aromatic rings. The summed E-state index contributed by atoms with van der Waals surface area (Å²) in [7, 11) is 1.58. The number of carbonyl (C=O) groups excluding carboxylic acids is 1. The summed E-state index contributed by atoms with van der Waals surface area (Å²) in [5.74, 6) is 0.361. The van der Waals surface area contributed by atoms with E-state index in [4.69, 9.17) is 4.74 Å².